The van der Waals surface area contributed by atoms with Gasteiger partial charge in [0.2, 0.25) is 5.91 Å². The molecule has 160 valence electrons. The fourth-order valence-corrected chi connectivity index (χ4v) is 3.99. The number of methoxy groups -OCH3 is 1. The molecule has 3 aromatic rings. The lowest BCUT2D eigenvalue weighted by Gasteiger charge is -2.13. The van der Waals surface area contributed by atoms with Crippen molar-refractivity contribution in [2.45, 2.75) is 13.5 Å². The van der Waals surface area contributed by atoms with Crippen LogP contribution in [-0.2, 0) is 11.4 Å². The van der Waals surface area contributed by atoms with Gasteiger partial charge in [0.1, 0.15) is 6.61 Å². The number of amides is 1. The van der Waals surface area contributed by atoms with E-state index in [1.54, 1.807) is 43.5 Å². The lowest BCUT2D eigenvalue weighted by molar-refractivity contribution is -0.111. The average molecular weight is 568 g/mol. The number of benzene rings is 3. The highest BCUT2D eigenvalue weighted by Gasteiger charge is 2.10. The van der Waals surface area contributed by atoms with Gasteiger partial charge >= 0.3 is 0 Å². The fraction of sp³-hybridized carbons (Fsp3) is 0.125. The molecule has 0 radical (unpaired) electrons. The van der Waals surface area contributed by atoms with Crippen molar-refractivity contribution >= 4 is 63.5 Å². The van der Waals surface area contributed by atoms with Crippen molar-refractivity contribution in [3.63, 3.8) is 0 Å². The van der Waals surface area contributed by atoms with Gasteiger partial charge in [0.05, 0.1) is 7.11 Å². The highest BCUT2D eigenvalue weighted by atomic mass is 127. The van der Waals surface area contributed by atoms with Crippen molar-refractivity contribution in [3.05, 3.63) is 91.0 Å². The molecule has 0 aliphatic rings. The summed E-state index contributed by atoms with van der Waals surface area (Å²) in [5.41, 5.74) is 3.30. The molecule has 0 atom stereocenters. The summed E-state index contributed by atoms with van der Waals surface area (Å²) in [5, 5.41) is 3.97. The second-order valence-electron chi connectivity index (χ2n) is 6.68. The molecule has 0 heterocycles. The van der Waals surface area contributed by atoms with Crippen LogP contribution in [0.1, 0.15) is 16.7 Å². The Labute approximate surface area is 205 Å². The van der Waals surface area contributed by atoms with Gasteiger partial charge in [-0.2, -0.15) is 0 Å². The number of nitrogens with one attached hydrogen (secondary N) is 1. The maximum absolute atomic E-state index is 12.3. The Kier molecular flexibility index (Phi) is 8.23. The van der Waals surface area contributed by atoms with Crippen molar-refractivity contribution in [2.24, 2.45) is 0 Å². The van der Waals surface area contributed by atoms with Gasteiger partial charge in [0.25, 0.3) is 0 Å². The van der Waals surface area contributed by atoms with Crippen LogP contribution in [0.4, 0.5) is 5.69 Å². The zero-order chi connectivity index (χ0) is 22.4. The van der Waals surface area contributed by atoms with Gasteiger partial charge in [-0.25, -0.2) is 0 Å². The molecule has 0 saturated carbocycles. The van der Waals surface area contributed by atoms with Crippen LogP contribution in [0.3, 0.4) is 0 Å². The molecular formula is C24H20Cl2INO3. The van der Waals surface area contributed by atoms with Crippen LogP contribution in [0.25, 0.3) is 6.08 Å². The minimum atomic E-state index is -0.211. The third kappa shape index (κ3) is 6.38. The van der Waals surface area contributed by atoms with Crippen molar-refractivity contribution in [3.8, 4) is 11.5 Å². The maximum Gasteiger partial charge on any atom is 0.248 e. The molecule has 7 heteroatoms. The lowest BCUT2D eigenvalue weighted by Crippen LogP contribution is -2.08. The van der Waals surface area contributed by atoms with E-state index in [0.29, 0.717) is 27.1 Å². The van der Waals surface area contributed by atoms with E-state index in [4.69, 9.17) is 32.7 Å². The summed E-state index contributed by atoms with van der Waals surface area (Å²) in [6.07, 6.45) is 3.20. The molecule has 3 rings (SSSR count). The molecule has 1 amide bonds. The molecule has 3 aromatic carbocycles. The number of ether oxygens (including phenoxy) is 2. The summed E-state index contributed by atoms with van der Waals surface area (Å²) in [6.45, 7) is 2.17. The fourth-order valence-electron chi connectivity index (χ4n) is 2.84. The average Bonchev–Trinajstić information content (AvgIpc) is 2.74. The van der Waals surface area contributed by atoms with E-state index in [1.807, 2.05) is 31.2 Å². The Morgan fingerprint density at radius 3 is 2.48 bits per heavy atom. The SMILES string of the molecule is COc1cc(/C=C/C(=O)Nc2ccc(I)cc2C)ccc1OCc1c(Cl)cccc1Cl. The van der Waals surface area contributed by atoms with Gasteiger partial charge in [0, 0.05) is 30.9 Å². The van der Waals surface area contributed by atoms with Crippen LogP contribution in [-0.4, -0.2) is 13.0 Å². The number of carbonyl (C=O) groups excluding carboxylic acids is 1. The largest absolute Gasteiger partial charge is 0.493 e. The van der Waals surface area contributed by atoms with Crippen molar-refractivity contribution in [1.29, 1.82) is 0 Å². The number of hydrogen-bond donors (Lipinski definition) is 1. The Bertz CT molecular complexity index is 1110. The van der Waals surface area contributed by atoms with Crippen LogP contribution in [0.5, 0.6) is 11.5 Å². The van der Waals surface area contributed by atoms with Crippen LogP contribution >= 0.6 is 45.8 Å². The summed E-state index contributed by atoms with van der Waals surface area (Å²) in [5.74, 6) is 0.880. The standard InChI is InChI=1S/C24H20Cl2INO3/c1-15-12-17(27)8-9-21(15)28-24(29)11-7-16-6-10-22(23(13-16)30-2)31-14-18-19(25)4-3-5-20(18)26/h3-13H,14H2,1-2H3,(H,28,29)/b11-7+. The number of halogens is 3. The van der Waals surface area contributed by atoms with Gasteiger partial charge < -0.3 is 14.8 Å². The molecular weight excluding hydrogens is 548 g/mol. The quantitative estimate of drug-likeness (QED) is 0.244. The van der Waals surface area contributed by atoms with E-state index >= 15 is 0 Å². The third-order valence-electron chi connectivity index (χ3n) is 4.49. The molecule has 0 saturated heterocycles. The Morgan fingerprint density at radius 1 is 1.06 bits per heavy atom. The number of anilines is 1. The second kappa shape index (κ2) is 10.9. The van der Waals surface area contributed by atoms with E-state index in [2.05, 4.69) is 27.9 Å². The smallest absolute Gasteiger partial charge is 0.248 e. The van der Waals surface area contributed by atoms with E-state index in [-0.39, 0.29) is 12.5 Å². The Balaban J connectivity index is 1.68. The van der Waals surface area contributed by atoms with Gasteiger partial charge in [0.15, 0.2) is 11.5 Å². The normalized spacial score (nSPS) is 10.9. The first-order valence-electron chi connectivity index (χ1n) is 9.36. The molecule has 0 aliphatic heterocycles. The highest BCUT2D eigenvalue weighted by Crippen LogP contribution is 2.31. The first kappa shape index (κ1) is 23.4. The molecule has 1 N–H and O–H groups in total. The van der Waals surface area contributed by atoms with Crippen LogP contribution in [0.15, 0.2) is 60.7 Å². The van der Waals surface area contributed by atoms with Crippen LogP contribution < -0.4 is 14.8 Å². The molecule has 0 unspecified atom stereocenters. The molecule has 0 aromatic heterocycles. The highest BCUT2D eigenvalue weighted by molar-refractivity contribution is 14.1. The summed E-state index contributed by atoms with van der Waals surface area (Å²) >= 11 is 14.6. The molecule has 0 fully saturated rings. The van der Waals surface area contributed by atoms with Crippen LogP contribution in [0, 0.1) is 10.5 Å². The third-order valence-corrected chi connectivity index (χ3v) is 5.87. The predicted octanol–water partition coefficient (Wildman–Crippen LogP) is 7.15. The Morgan fingerprint density at radius 2 is 1.81 bits per heavy atom. The second-order valence-corrected chi connectivity index (χ2v) is 8.74. The van der Waals surface area contributed by atoms with E-state index in [1.165, 1.54) is 6.08 Å². The Hall–Kier alpha value is -2.22. The van der Waals surface area contributed by atoms with E-state index in [9.17, 15) is 4.79 Å². The van der Waals surface area contributed by atoms with E-state index < -0.39 is 0 Å². The molecule has 4 nitrogen and oxygen atoms in total. The van der Waals surface area contributed by atoms with Crippen molar-refractivity contribution < 1.29 is 14.3 Å². The monoisotopic (exact) mass is 567 g/mol. The number of carbonyl (C=O) groups is 1. The molecule has 0 bridgehead atoms. The van der Waals surface area contributed by atoms with E-state index in [0.717, 1.165) is 20.4 Å². The minimum Gasteiger partial charge on any atom is -0.493 e. The van der Waals surface area contributed by atoms with Crippen molar-refractivity contribution in [1.82, 2.24) is 0 Å². The zero-order valence-corrected chi connectivity index (χ0v) is 20.6. The number of rotatable bonds is 7. The maximum atomic E-state index is 12.3. The summed E-state index contributed by atoms with van der Waals surface area (Å²) in [4.78, 5) is 12.3. The van der Waals surface area contributed by atoms with Gasteiger partial charge in [-0.1, -0.05) is 35.3 Å². The minimum absolute atomic E-state index is 0.210. The zero-order valence-electron chi connectivity index (χ0n) is 16.9. The van der Waals surface area contributed by atoms with Gasteiger partial charge in [-0.15, -0.1) is 0 Å². The molecule has 31 heavy (non-hydrogen) atoms. The first-order chi connectivity index (χ1) is 14.9. The summed E-state index contributed by atoms with van der Waals surface area (Å²) in [7, 11) is 1.56. The number of aryl methyl sites for hydroxylation is 1. The molecule has 0 aliphatic carbocycles. The van der Waals surface area contributed by atoms with Crippen LogP contribution in [0.2, 0.25) is 10.0 Å². The lowest BCUT2D eigenvalue weighted by atomic mass is 10.1. The van der Waals surface area contributed by atoms with Gasteiger partial charge in [-0.05, 0) is 89.2 Å². The van der Waals surface area contributed by atoms with Crippen molar-refractivity contribution in [2.75, 3.05) is 12.4 Å². The van der Waals surface area contributed by atoms with Gasteiger partial charge in [-0.3, -0.25) is 4.79 Å². The summed E-state index contributed by atoms with van der Waals surface area (Å²) in [6, 6.07) is 16.6. The topological polar surface area (TPSA) is 47.6 Å². The molecule has 0 spiro atoms. The first-order valence-corrected chi connectivity index (χ1v) is 11.2. The number of hydrogen-bond acceptors (Lipinski definition) is 3. The summed E-state index contributed by atoms with van der Waals surface area (Å²) < 4.78 is 12.4. The predicted molar refractivity (Wildman–Crippen MR) is 135 cm³/mol.